The van der Waals surface area contributed by atoms with Crippen molar-refractivity contribution in [3.8, 4) is 0 Å². The van der Waals surface area contributed by atoms with Crippen molar-refractivity contribution >= 4 is 11.7 Å². The third-order valence-corrected chi connectivity index (χ3v) is 3.70. The number of carbonyl (C=O) groups is 1. The van der Waals surface area contributed by atoms with Crippen LogP contribution in [0.4, 0.5) is 5.82 Å². The minimum atomic E-state index is -0.506. The molecule has 7 nitrogen and oxygen atoms in total. The molecule has 0 atom stereocenters. The Morgan fingerprint density at radius 3 is 2.48 bits per heavy atom. The molecule has 0 spiro atoms. The van der Waals surface area contributed by atoms with E-state index < -0.39 is 4.92 Å². The molecular weight excluding hydrogens is 296 g/mol. The zero-order valence-electron chi connectivity index (χ0n) is 13.0. The number of nitrogens with zero attached hydrogens (tertiary/aromatic N) is 3. The van der Waals surface area contributed by atoms with Crippen LogP contribution in [0.1, 0.15) is 16.1 Å². The fourth-order valence-electron chi connectivity index (χ4n) is 2.44. The SMILES string of the molecule is Cn1c(C(=O)N(CCN)CCc2ccccc2)ccc1[N+](=O)[O-]. The predicted octanol–water partition coefficient (Wildman–Crippen LogP) is 1.58. The minimum absolute atomic E-state index is 0.107. The topological polar surface area (TPSA) is 94.4 Å². The Bertz CT molecular complexity index is 682. The molecule has 0 fully saturated rings. The van der Waals surface area contributed by atoms with Gasteiger partial charge in [0.2, 0.25) is 0 Å². The van der Waals surface area contributed by atoms with Gasteiger partial charge in [-0.05, 0) is 23.0 Å². The van der Waals surface area contributed by atoms with Gasteiger partial charge in [0, 0.05) is 25.7 Å². The maximum Gasteiger partial charge on any atom is 0.323 e. The Balaban J connectivity index is 2.13. The average Bonchev–Trinajstić information content (AvgIpc) is 2.93. The summed E-state index contributed by atoms with van der Waals surface area (Å²) in [5, 5.41) is 10.9. The molecule has 2 aromatic rings. The van der Waals surface area contributed by atoms with Gasteiger partial charge in [0.05, 0.1) is 7.05 Å². The highest BCUT2D eigenvalue weighted by Crippen LogP contribution is 2.17. The molecule has 0 unspecified atom stereocenters. The Labute approximate surface area is 134 Å². The van der Waals surface area contributed by atoms with Gasteiger partial charge in [-0.15, -0.1) is 0 Å². The first-order valence-electron chi connectivity index (χ1n) is 7.38. The minimum Gasteiger partial charge on any atom is -0.358 e. The molecule has 23 heavy (non-hydrogen) atoms. The molecule has 0 aliphatic heterocycles. The second kappa shape index (κ2) is 7.55. The predicted molar refractivity (Wildman–Crippen MR) is 87.2 cm³/mol. The van der Waals surface area contributed by atoms with Gasteiger partial charge in [0.1, 0.15) is 0 Å². The first kappa shape index (κ1) is 16.7. The number of amides is 1. The van der Waals surface area contributed by atoms with Crippen LogP contribution in [0.3, 0.4) is 0 Å². The van der Waals surface area contributed by atoms with Crippen LogP contribution in [0.25, 0.3) is 0 Å². The van der Waals surface area contributed by atoms with E-state index in [2.05, 4.69) is 0 Å². The molecule has 1 aromatic heterocycles. The summed E-state index contributed by atoms with van der Waals surface area (Å²) in [6.45, 7) is 1.26. The van der Waals surface area contributed by atoms with Crippen molar-refractivity contribution < 1.29 is 9.72 Å². The monoisotopic (exact) mass is 316 g/mol. The van der Waals surface area contributed by atoms with Gasteiger partial charge in [0.25, 0.3) is 5.91 Å². The third-order valence-electron chi connectivity index (χ3n) is 3.70. The highest BCUT2D eigenvalue weighted by atomic mass is 16.6. The Kier molecular flexibility index (Phi) is 5.48. The van der Waals surface area contributed by atoms with Crippen molar-refractivity contribution in [1.29, 1.82) is 0 Å². The van der Waals surface area contributed by atoms with Crippen LogP contribution in [0.5, 0.6) is 0 Å². The summed E-state index contributed by atoms with van der Waals surface area (Å²) in [6.07, 6.45) is 0.707. The van der Waals surface area contributed by atoms with Crippen molar-refractivity contribution in [1.82, 2.24) is 9.47 Å². The van der Waals surface area contributed by atoms with Crippen LogP contribution >= 0.6 is 0 Å². The number of nitro groups is 1. The number of hydrogen-bond donors (Lipinski definition) is 1. The van der Waals surface area contributed by atoms with Crippen molar-refractivity contribution in [3.05, 3.63) is 63.8 Å². The van der Waals surface area contributed by atoms with Crippen LogP contribution in [0, 0.1) is 10.1 Å². The number of aromatic nitrogens is 1. The van der Waals surface area contributed by atoms with Crippen molar-refractivity contribution in [2.24, 2.45) is 12.8 Å². The number of nitrogens with two attached hydrogens (primary N) is 1. The zero-order chi connectivity index (χ0) is 16.8. The number of carbonyl (C=O) groups excluding carboxylic acids is 1. The van der Waals surface area contributed by atoms with Crippen LogP contribution in [-0.4, -0.2) is 39.9 Å². The van der Waals surface area contributed by atoms with E-state index in [1.54, 1.807) is 4.90 Å². The normalized spacial score (nSPS) is 10.5. The van der Waals surface area contributed by atoms with Gasteiger partial charge < -0.3 is 20.7 Å². The summed E-state index contributed by atoms with van der Waals surface area (Å²) in [5.74, 6) is -0.355. The lowest BCUT2D eigenvalue weighted by atomic mass is 10.1. The third kappa shape index (κ3) is 3.95. The molecule has 0 aliphatic rings. The molecule has 122 valence electrons. The van der Waals surface area contributed by atoms with Crippen LogP contribution in [0.2, 0.25) is 0 Å². The number of benzene rings is 1. The highest BCUT2D eigenvalue weighted by Gasteiger charge is 2.24. The molecule has 2 rings (SSSR count). The quantitative estimate of drug-likeness (QED) is 0.619. The van der Waals surface area contributed by atoms with Gasteiger partial charge in [-0.25, -0.2) is 4.57 Å². The molecule has 1 amide bonds. The fourth-order valence-corrected chi connectivity index (χ4v) is 2.44. The van der Waals surface area contributed by atoms with Crippen LogP contribution < -0.4 is 5.73 Å². The van der Waals surface area contributed by atoms with Crippen molar-refractivity contribution in [3.63, 3.8) is 0 Å². The lowest BCUT2D eigenvalue weighted by molar-refractivity contribution is -0.391. The molecule has 1 heterocycles. The molecule has 0 saturated heterocycles. The van der Waals surface area contributed by atoms with Gasteiger partial charge in [-0.2, -0.15) is 0 Å². The summed E-state index contributed by atoms with van der Waals surface area (Å²) in [4.78, 5) is 24.7. The Morgan fingerprint density at radius 2 is 1.91 bits per heavy atom. The first-order chi connectivity index (χ1) is 11.0. The number of rotatable bonds is 7. The summed E-state index contributed by atoms with van der Waals surface area (Å²) < 4.78 is 1.30. The summed E-state index contributed by atoms with van der Waals surface area (Å²) in [6, 6.07) is 12.7. The molecule has 7 heteroatoms. The van der Waals surface area contributed by atoms with Gasteiger partial charge in [-0.1, -0.05) is 30.3 Å². The smallest absolute Gasteiger partial charge is 0.323 e. The first-order valence-corrected chi connectivity index (χ1v) is 7.38. The molecular formula is C16H20N4O3. The van der Waals surface area contributed by atoms with Gasteiger partial charge in [0.15, 0.2) is 5.69 Å². The second-order valence-electron chi connectivity index (χ2n) is 5.21. The van der Waals surface area contributed by atoms with E-state index in [1.165, 1.54) is 23.7 Å². The maximum atomic E-state index is 12.6. The van der Waals surface area contributed by atoms with E-state index in [9.17, 15) is 14.9 Å². The van der Waals surface area contributed by atoms with E-state index in [0.717, 1.165) is 5.56 Å². The number of hydrogen-bond acceptors (Lipinski definition) is 4. The highest BCUT2D eigenvalue weighted by molar-refractivity contribution is 5.93. The molecule has 0 bridgehead atoms. The molecule has 0 radical (unpaired) electrons. The van der Waals surface area contributed by atoms with Crippen LogP contribution in [-0.2, 0) is 13.5 Å². The van der Waals surface area contributed by atoms with E-state index in [-0.39, 0.29) is 11.7 Å². The maximum absolute atomic E-state index is 12.6. The van der Waals surface area contributed by atoms with Gasteiger partial charge >= 0.3 is 5.82 Å². The molecule has 2 N–H and O–H groups in total. The largest absolute Gasteiger partial charge is 0.358 e. The molecule has 1 aromatic carbocycles. The molecule has 0 aliphatic carbocycles. The Hall–Kier alpha value is -2.67. The summed E-state index contributed by atoms with van der Waals surface area (Å²) in [7, 11) is 1.52. The van der Waals surface area contributed by atoms with E-state index in [1.807, 2.05) is 30.3 Å². The summed E-state index contributed by atoms with van der Waals surface area (Å²) >= 11 is 0. The Morgan fingerprint density at radius 1 is 1.22 bits per heavy atom. The van der Waals surface area contributed by atoms with Crippen molar-refractivity contribution in [2.45, 2.75) is 6.42 Å². The van der Waals surface area contributed by atoms with Crippen LogP contribution in [0.15, 0.2) is 42.5 Å². The summed E-state index contributed by atoms with van der Waals surface area (Å²) in [5.41, 5.74) is 7.01. The lowest BCUT2D eigenvalue weighted by Crippen LogP contribution is -2.37. The lowest BCUT2D eigenvalue weighted by Gasteiger charge is -2.21. The molecule has 0 saturated carbocycles. The average molecular weight is 316 g/mol. The fraction of sp³-hybridized carbons (Fsp3) is 0.312. The van der Waals surface area contributed by atoms with E-state index in [4.69, 9.17) is 5.73 Å². The zero-order valence-corrected chi connectivity index (χ0v) is 13.0. The van der Waals surface area contributed by atoms with E-state index in [0.29, 0.717) is 31.7 Å². The standard InChI is InChI=1S/C16H20N4O3/c1-18-14(7-8-15(18)20(22)23)16(21)19(12-10-17)11-9-13-5-3-2-4-6-13/h2-8H,9-12,17H2,1H3. The van der Waals surface area contributed by atoms with Gasteiger partial charge in [-0.3, -0.25) is 4.79 Å². The van der Waals surface area contributed by atoms with Crippen molar-refractivity contribution in [2.75, 3.05) is 19.6 Å². The second-order valence-corrected chi connectivity index (χ2v) is 5.21. The van der Waals surface area contributed by atoms with E-state index >= 15 is 0 Å².